The molecule has 0 aromatic heterocycles. The molecule has 4 rings (SSSR count). The number of phenols is 2. The Balaban J connectivity index is 1.38. The number of hydrogen-bond acceptors (Lipinski definition) is 4. The van der Waals surface area contributed by atoms with Crippen molar-refractivity contribution in [1.29, 1.82) is 0 Å². The van der Waals surface area contributed by atoms with Gasteiger partial charge in [-0.2, -0.15) is 0 Å². The first-order chi connectivity index (χ1) is 15.2. The SMILES string of the molecule is Oc1cc(OCc2ccccc2)ccc1Cc1ccc(OCc2ccccc2)cc1O. The second-order valence-corrected chi connectivity index (χ2v) is 7.31. The molecule has 4 nitrogen and oxygen atoms in total. The molecule has 0 spiro atoms. The highest BCUT2D eigenvalue weighted by atomic mass is 16.5. The van der Waals surface area contributed by atoms with E-state index in [9.17, 15) is 10.2 Å². The molecule has 31 heavy (non-hydrogen) atoms. The topological polar surface area (TPSA) is 58.9 Å². The third-order valence-electron chi connectivity index (χ3n) is 4.99. The van der Waals surface area contributed by atoms with Crippen molar-refractivity contribution in [2.75, 3.05) is 0 Å². The van der Waals surface area contributed by atoms with Crippen molar-refractivity contribution in [3.05, 3.63) is 119 Å². The van der Waals surface area contributed by atoms with Crippen LogP contribution in [-0.2, 0) is 19.6 Å². The zero-order valence-corrected chi connectivity index (χ0v) is 17.1. The molecule has 0 unspecified atom stereocenters. The standard InChI is InChI=1S/C27H24O4/c28-26-16-24(30-18-20-7-3-1-4-8-20)13-11-22(26)15-23-12-14-25(17-27(23)29)31-19-21-9-5-2-6-10-21/h1-14,16-17,28-29H,15,18-19H2. The van der Waals surface area contributed by atoms with Gasteiger partial charge in [0.2, 0.25) is 0 Å². The van der Waals surface area contributed by atoms with Crippen LogP contribution in [0.5, 0.6) is 23.0 Å². The Morgan fingerprint density at radius 2 is 0.935 bits per heavy atom. The van der Waals surface area contributed by atoms with Gasteiger partial charge in [0.05, 0.1) is 0 Å². The smallest absolute Gasteiger partial charge is 0.123 e. The maximum atomic E-state index is 10.4. The molecule has 2 N–H and O–H groups in total. The molecule has 156 valence electrons. The molecule has 0 aliphatic heterocycles. The lowest BCUT2D eigenvalue weighted by atomic mass is 10.0. The number of phenolic OH excluding ortho intramolecular Hbond substituents is 2. The molecular weight excluding hydrogens is 388 g/mol. The van der Waals surface area contributed by atoms with Crippen LogP contribution in [0.3, 0.4) is 0 Å². The molecule has 0 bridgehead atoms. The first kappa shape index (κ1) is 20.4. The van der Waals surface area contributed by atoms with Gasteiger partial charge in [-0.05, 0) is 34.4 Å². The predicted octanol–water partition coefficient (Wildman–Crippen LogP) is 5.85. The van der Waals surface area contributed by atoms with Crippen LogP contribution in [0.1, 0.15) is 22.3 Å². The Hall–Kier alpha value is -3.92. The van der Waals surface area contributed by atoms with Crippen LogP contribution >= 0.6 is 0 Å². The van der Waals surface area contributed by atoms with E-state index in [1.807, 2.05) is 84.9 Å². The normalized spacial score (nSPS) is 10.6. The summed E-state index contributed by atoms with van der Waals surface area (Å²) in [4.78, 5) is 0. The largest absolute Gasteiger partial charge is 0.508 e. The molecule has 0 aliphatic carbocycles. The van der Waals surface area contributed by atoms with Crippen molar-refractivity contribution < 1.29 is 19.7 Å². The number of aromatic hydroxyl groups is 2. The summed E-state index contributed by atoms with van der Waals surface area (Å²) in [5.74, 6) is 1.46. The van der Waals surface area contributed by atoms with E-state index in [-0.39, 0.29) is 11.5 Å². The molecule has 0 saturated heterocycles. The Labute approximate surface area is 182 Å². The molecule has 4 aromatic carbocycles. The van der Waals surface area contributed by atoms with Crippen LogP contribution in [0.2, 0.25) is 0 Å². The Morgan fingerprint density at radius 3 is 1.32 bits per heavy atom. The van der Waals surface area contributed by atoms with Crippen molar-refractivity contribution in [3.8, 4) is 23.0 Å². The second kappa shape index (κ2) is 9.72. The minimum atomic E-state index is 0.134. The van der Waals surface area contributed by atoms with Gasteiger partial charge in [0.15, 0.2) is 0 Å². The fourth-order valence-electron chi connectivity index (χ4n) is 3.25. The van der Waals surface area contributed by atoms with Crippen LogP contribution in [0.4, 0.5) is 0 Å². The number of benzene rings is 4. The van der Waals surface area contributed by atoms with Gasteiger partial charge in [-0.3, -0.25) is 0 Å². The fourth-order valence-corrected chi connectivity index (χ4v) is 3.25. The molecule has 4 heteroatoms. The zero-order valence-electron chi connectivity index (χ0n) is 17.1. The Kier molecular flexibility index (Phi) is 6.38. The average Bonchev–Trinajstić information content (AvgIpc) is 2.80. The van der Waals surface area contributed by atoms with E-state index in [1.54, 1.807) is 12.1 Å². The van der Waals surface area contributed by atoms with Crippen LogP contribution < -0.4 is 9.47 Å². The maximum absolute atomic E-state index is 10.4. The van der Waals surface area contributed by atoms with Crippen LogP contribution in [0.15, 0.2) is 97.1 Å². The first-order valence-corrected chi connectivity index (χ1v) is 10.1. The van der Waals surface area contributed by atoms with E-state index in [1.165, 1.54) is 0 Å². The van der Waals surface area contributed by atoms with Crippen molar-refractivity contribution in [1.82, 2.24) is 0 Å². The predicted molar refractivity (Wildman–Crippen MR) is 121 cm³/mol. The average molecular weight is 412 g/mol. The summed E-state index contributed by atoms with van der Waals surface area (Å²) in [6.07, 6.45) is 0.398. The molecule has 0 aliphatic rings. The molecule has 0 heterocycles. The minimum absolute atomic E-state index is 0.134. The van der Waals surface area contributed by atoms with E-state index in [0.717, 1.165) is 11.1 Å². The summed E-state index contributed by atoms with van der Waals surface area (Å²) < 4.78 is 11.5. The van der Waals surface area contributed by atoms with Crippen LogP contribution in [0.25, 0.3) is 0 Å². The second-order valence-electron chi connectivity index (χ2n) is 7.31. The van der Waals surface area contributed by atoms with Gasteiger partial charge >= 0.3 is 0 Å². The highest BCUT2D eigenvalue weighted by molar-refractivity contribution is 5.47. The Bertz CT molecular complexity index is 1030. The van der Waals surface area contributed by atoms with Gasteiger partial charge in [0.1, 0.15) is 36.2 Å². The lowest BCUT2D eigenvalue weighted by Gasteiger charge is -2.12. The molecule has 4 aromatic rings. The van der Waals surface area contributed by atoms with Gasteiger partial charge in [-0.25, -0.2) is 0 Å². The first-order valence-electron chi connectivity index (χ1n) is 10.1. The fraction of sp³-hybridized carbons (Fsp3) is 0.111. The summed E-state index contributed by atoms with van der Waals surface area (Å²) in [5.41, 5.74) is 3.54. The molecule has 0 amide bonds. The number of rotatable bonds is 8. The Morgan fingerprint density at radius 1 is 0.516 bits per heavy atom. The molecular formula is C27H24O4. The van der Waals surface area contributed by atoms with E-state index in [2.05, 4.69) is 0 Å². The minimum Gasteiger partial charge on any atom is -0.508 e. The summed E-state index contributed by atoms with van der Waals surface area (Å²) in [6, 6.07) is 30.2. The summed E-state index contributed by atoms with van der Waals surface area (Å²) >= 11 is 0. The van der Waals surface area contributed by atoms with Crippen LogP contribution in [-0.4, -0.2) is 10.2 Å². The maximum Gasteiger partial charge on any atom is 0.123 e. The molecule has 0 radical (unpaired) electrons. The van der Waals surface area contributed by atoms with Crippen molar-refractivity contribution in [3.63, 3.8) is 0 Å². The third-order valence-corrected chi connectivity index (χ3v) is 4.99. The van der Waals surface area contributed by atoms with Crippen LogP contribution in [0, 0.1) is 0 Å². The number of ether oxygens (including phenoxy) is 2. The summed E-state index contributed by atoms with van der Waals surface area (Å²) in [7, 11) is 0. The lowest BCUT2D eigenvalue weighted by Crippen LogP contribution is -1.97. The summed E-state index contributed by atoms with van der Waals surface area (Å²) in [6.45, 7) is 0.871. The highest BCUT2D eigenvalue weighted by Gasteiger charge is 2.10. The van der Waals surface area contributed by atoms with Crippen molar-refractivity contribution >= 4 is 0 Å². The highest BCUT2D eigenvalue weighted by Crippen LogP contribution is 2.31. The molecule has 0 atom stereocenters. The van der Waals surface area contributed by atoms with E-state index < -0.39 is 0 Å². The summed E-state index contributed by atoms with van der Waals surface area (Å²) in [5, 5.41) is 20.8. The van der Waals surface area contributed by atoms with Gasteiger partial charge in [-0.1, -0.05) is 72.8 Å². The van der Waals surface area contributed by atoms with Gasteiger partial charge in [0, 0.05) is 18.6 Å². The van der Waals surface area contributed by atoms with Gasteiger partial charge in [0.25, 0.3) is 0 Å². The van der Waals surface area contributed by atoms with Crippen molar-refractivity contribution in [2.24, 2.45) is 0 Å². The monoisotopic (exact) mass is 412 g/mol. The lowest BCUT2D eigenvalue weighted by molar-refractivity contribution is 0.304. The van der Waals surface area contributed by atoms with E-state index in [4.69, 9.17) is 9.47 Å². The van der Waals surface area contributed by atoms with Crippen molar-refractivity contribution in [2.45, 2.75) is 19.6 Å². The number of hydrogen-bond donors (Lipinski definition) is 2. The van der Waals surface area contributed by atoms with Gasteiger partial charge < -0.3 is 19.7 Å². The quantitative estimate of drug-likeness (QED) is 0.381. The molecule has 0 fully saturated rings. The molecule has 0 saturated carbocycles. The van der Waals surface area contributed by atoms with Gasteiger partial charge in [-0.15, -0.1) is 0 Å². The zero-order chi connectivity index (χ0) is 21.5. The van der Waals surface area contributed by atoms with E-state index >= 15 is 0 Å². The van der Waals surface area contributed by atoms with E-state index in [0.29, 0.717) is 42.3 Å². The third kappa shape index (κ3) is 5.58.